The Bertz CT molecular complexity index is 1450. The van der Waals surface area contributed by atoms with Crippen molar-refractivity contribution < 1.29 is 13.2 Å². The summed E-state index contributed by atoms with van der Waals surface area (Å²) in [6.07, 6.45) is 3.89. The van der Waals surface area contributed by atoms with Gasteiger partial charge in [0.05, 0.1) is 33.2 Å². The quantitative estimate of drug-likeness (QED) is 0.492. The van der Waals surface area contributed by atoms with Crippen molar-refractivity contribution in [2.75, 3.05) is 21.9 Å². The first kappa shape index (κ1) is 20.5. The third-order valence-corrected chi connectivity index (χ3v) is 7.49. The van der Waals surface area contributed by atoms with E-state index in [1.54, 1.807) is 22.7 Å². The van der Waals surface area contributed by atoms with Gasteiger partial charge in [-0.1, -0.05) is 23.7 Å². The minimum absolute atomic E-state index is 0.116. The molecule has 0 bridgehead atoms. The molecule has 3 heterocycles. The van der Waals surface area contributed by atoms with Crippen LogP contribution < -0.4 is 9.62 Å². The van der Waals surface area contributed by atoms with Gasteiger partial charge < -0.3 is 5.32 Å². The average molecular weight is 468 g/mol. The van der Waals surface area contributed by atoms with Gasteiger partial charge >= 0.3 is 0 Å². The number of carbonyl (C=O) groups excluding carboxylic acids is 1. The summed E-state index contributed by atoms with van der Waals surface area (Å²) >= 11 is 6.34. The van der Waals surface area contributed by atoms with Gasteiger partial charge in [0, 0.05) is 24.0 Å². The molecule has 0 saturated carbocycles. The standard InChI is InChI=1S/C22H18ClN5O3S/c23-19-13-17(28-10-3-11-32(28,30)31)7-8-18(19)22(29)26-16-5-1-4-15(12-16)21-20-6-2-9-27(20)25-14-24-21/h1-2,4-9,12-14H,3,10-11H2,(H,26,29). The predicted molar refractivity (Wildman–Crippen MR) is 124 cm³/mol. The summed E-state index contributed by atoms with van der Waals surface area (Å²) in [4.78, 5) is 17.2. The first-order valence-corrected chi connectivity index (χ1v) is 11.9. The summed E-state index contributed by atoms with van der Waals surface area (Å²) in [7, 11) is -3.32. The molecule has 0 radical (unpaired) electrons. The van der Waals surface area contributed by atoms with Gasteiger partial charge in [-0.2, -0.15) is 5.10 Å². The summed E-state index contributed by atoms with van der Waals surface area (Å²) in [5.41, 5.74) is 3.73. The highest BCUT2D eigenvalue weighted by molar-refractivity contribution is 7.93. The minimum atomic E-state index is -3.32. The molecule has 5 rings (SSSR count). The van der Waals surface area contributed by atoms with E-state index in [4.69, 9.17) is 11.6 Å². The molecule has 1 aliphatic heterocycles. The smallest absolute Gasteiger partial charge is 0.257 e. The van der Waals surface area contributed by atoms with Crippen LogP contribution in [0.4, 0.5) is 11.4 Å². The van der Waals surface area contributed by atoms with Gasteiger partial charge in [-0.3, -0.25) is 9.10 Å². The summed E-state index contributed by atoms with van der Waals surface area (Å²) in [6, 6.07) is 15.8. The molecule has 0 aliphatic carbocycles. The average Bonchev–Trinajstić information content (AvgIpc) is 3.39. The second kappa shape index (κ2) is 7.92. The number of anilines is 2. The minimum Gasteiger partial charge on any atom is -0.322 e. The Morgan fingerprint density at radius 1 is 1.09 bits per heavy atom. The van der Waals surface area contributed by atoms with E-state index in [1.165, 1.54) is 16.7 Å². The molecule has 1 amide bonds. The molecule has 162 valence electrons. The van der Waals surface area contributed by atoms with Crippen LogP contribution in [0.2, 0.25) is 5.02 Å². The SMILES string of the molecule is O=C(Nc1cccc(-c2ncnn3cccc23)c1)c1ccc(N2CCCS2(=O)=O)cc1Cl. The lowest BCUT2D eigenvalue weighted by Gasteiger charge is -2.18. The molecule has 0 atom stereocenters. The van der Waals surface area contributed by atoms with Crippen molar-refractivity contribution in [1.29, 1.82) is 0 Å². The van der Waals surface area contributed by atoms with Crippen LogP contribution in [0.15, 0.2) is 67.1 Å². The number of nitrogens with zero attached hydrogens (tertiary/aromatic N) is 4. The van der Waals surface area contributed by atoms with Crippen molar-refractivity contribution in [3.63, 3.8) is 0 Å². The molecule has 0 unspecified atom stereocenters. The monoisotopic (exact) mass is 467 g/mol. The van der Waals surface area contributed by atoms with Crippen molar-refractivity contribution in [1.82, 2.24) is 14.6 Å². The third-order valence-electron chi connectivity index (χ3n) is 5.31. The number of nitrogens with one attached hydrogen (secondary N) is 1. The Kier molecular flexibility index (Phi) is 5.07. The molecule has 10 heteroatoms. The van der Waals surface area contributed by atoms with E-state index in [9.17, 15) is 13.2 Å². The van der Waals surface area contributed by atoms with Gasteiger partial charge in [0.25, 0.3) is 5.91 Å². The Morgan fingerprint density at radius 2 is 1.97 bits per heavy atom. The van der Waals surface area contributed by atoms with Gasteiger partial charge in [0.1, 0.15) is 6.33 Å². The molecule has 0 spiro atoms. The second-order valence-corrected chi connectivity index (χ2v) is 9.81. The number of sulfonamides is 1. The van der Waals surface area contributed by atoms with Crippen LogP contribution in [0.1, 0.15) is 16.8 Å². The summed E-state index contributed by atoms with van der Waals surface area (Å²) in [5.74, 6) is -0.274. The molecule has 2 aromatic carbocycles. The molecule has 32 heavy (non-hydrogen) atoms. The van der Waals surface area contributed by atoms with E-state index in [1.807, 2.05) is 36.5 Å². The number of amides is 1. The fourth-order valence-corrected chi connectivity index (χ4v) is 5.62. The van der Waals surface area contributed by atoms with Gasteiger partial charge in [0.15, 0.2) is 0 Å². The molecule has 1 N–H and O–H groups in total. The number of benzene rings is 2. The Balaban J connectivity index is 1.40. The zero-order valence-electron chi connectivity index (χ0n) is 16.8. The van der Waals surface area contributed by atoms with Crippen LogP contribution in [-0.2, 0) is 10.0 Å². The maximum Gasteiger partial charge on any atom is 0.257 e. The van der Waals surface area contributed by atoms with Crippen LogP contribution in [0.3, 0.4) is 0 Å². The van der Waals surface area contributed by atoms with Crippen LogP contribution in [-0.4, -0.2) is 41.2 Å². The van der Waals surface area contributed by atoms with Gasteiger partial charge in [-0.15, -0.1) is 0 Å². The normalized spacial score (nSPS) is 15.2. The fourth-order valence-electron chi connectivity index (χ4n) is 3.80. The lowest BCUT2D eigenvalue weighted by molar-refractivity contribution is 0.102. The lowest BCUT2D eigenvalue weighted by atomic mass is 10.1. The number of carbonyl (C=O) groups is 1. The molecule has 1 aliphatic rings. The first-order valence-electron chi connectivity index (χ1n) is 9.92. The van der Waals surface area contributed by atoms with Crippen LogP contribution in [0, 0.1) is 0 Å². The van der Waals surface area contributed by atoms with Crippen molar-refractivity contribution in [2.45, 2.75) is 6.42 Å². The number of hydrogen-bond acceptors (Lipinski definition) is 5. The van der Waals surface area contributed by atoms with E-state index >= 15 is 0 Å². The van der Waals surface area contributed by atoms with Crippen LogP contribution in [0.25, 0.3) is 16.8 Å². The summed E-state index contributed by atoms with van der Waals surface area (Å²) in [5, 5.41) is 7.21. The molecular weight excluding hydrogens is 450 g/mol. The van der Waals surface area contributed by atoms with Gasteiger partial charge in [-0.25, -0.2) is 17.9 Å². The highest BCUT2D eigenvalue weighted by atomic mass is 35.5. The number of rotatable bonds is 4. The maximum atomic E-state index is 12.9. The van der Waals surface area contributed by atoms with Gasteiger partial charge in [-0.05, 0) is 48.9 Å². The third kappa shape index (κ3) is 3.69. The molecular formula is C22H18ClN5O3S. The summed E-state index contributed by atoms with van der Waals surface area (Å²) < 4.78 is 27.3. The Hall–Kier alpha value is -3.43. The van der Waals surface area contributed by atoms with Crippen molar-refractivity contribution >= 4 is 44.4 Å². The predicted octanol–water partition coefficient (Wildman–Crippen LogP) is 3.84. The molecule has 1 fully saturated rings. The Labute approximate surface area is 189 Å². The topological polar surface area (TPSA) is 96.7 Å². The van der Waals surface area contributed by atoms with Crippen LogP contribution >= 0.6 is 11.6 Å². The van der Waals surface area contributed by atoms with E-state index < -0.39 is 15.9 Å². The molecule has 8 nitrogen and oxygen atoms in total. The van der Waals surface area contributed by atoms with E-state index in [0.29, 0.717) is 24.3 Å². The number of fused-ring (bicyclic) bond motifs is 1. The van der Waals surface area contributed by atoms with E-state index in [2.05, 4.69) is 15.4 Å². The van der Waals surface area contributed by atoms with E-state index in [-0.39, 0.29) is 16.3 Å². The first-order chi connectivity index (χ1) is 15.4. The van der Waals surface area contributed by atoms with E-state index in [0.717, 1.165) is 16.8 Å². The fraction of sp³-hybridized carbons (Fsp3) is 0.136. The molecule has 1 saturated heterocycles. The van der Waals surface area contributed by atoms with Crippen LogP contribution in [0.5, 0.6) is 0 Å². The lowest BCUT2D eigenvalue weighted by Crippen LogP contribution is -2.25. The highest BCUT2D eigenvalue weighted by Crippen LogP contribution is 2.30. The van der Waals surface area contributed by atoms with Crippen molar-refractivity contribution in [2.24, 2.45) is 0 Å². The van der Waals surface area contributed by atoms with Crippen molar-refractivity contribution in [3.8, 4) is 11.3 Å². The second-order valence-electron chi connectivity index (χ2n) is 7.39. The highest BCUT2D eigenvalue weighted by Gasteiger charge is 2.29. The Morgan fingerprint density at radius 3 is 2.75 bits per heavy atom. The van der Waals surface area contributed by atoms with Crippen molar-refractivity contribution in [3.05, 3.63) is 77.7 Å². The largest absolute Gasteiger partial charge is 0.322 e. The molecule has 4 aromatic rings. The zero-order chi connectivity index (χ0) is 22.3. The summed E-state index contributed by atoms with van der Waals surface area (Å²) in [6.45, 7) is 0.412. The maximum absolute atomic E-state index is 12.9. The number of aromatic nitrogens is 3. The van der Waals surface area contributed by atoms with Gasteiger partial charge in [0.2, 0.25) is 10.0 Å². The zero-order valence-corrected chi connectivity index (χ0v) is 18.3. The number of hydrogen-bond donors (Lipinski definition) is 1. The molecule has 2 aromatic heterocycles. The number of halogens is 1.